The molecule has 1 N–H and O–H groups in total. The van der Waals surface area contributed by atoms with E-state index in [1.165, 1.54) is 11.8 Å². The van der Waals surface area contributed by atoms with Crippen LogP contribution in [0.3, 0.4) is 0 Å². The van der Waals surface area contributed by atoms with Crippen LogP contribution in [0.4, 0.5) is 0 Å². The lowest BCUT2D eigenvalue weighted by atomic mass is 10.0. The van der Waals surface area contributed by atoms with Crippen LogP contribution in [0, 0.1) is 0 Å². The van der Waals surface area contributed by atoms with Gasteiger partial charge >= 0.3 is 0 Å². The molecule has 0 bridgehead atoms. The van der Waals surface area contributed by atoms with Crippen molar-refractivity contribution >= 4 is 9.84 Å². The molecule has 0 radical (unpaired) electrons. The molecule has 1 aromatic carbocycles. The summed E-state index contributed by atoms with van der Waals surface area (Å²) < 4.78 is 22.7. The highest BCUT2D eigenvalue weighted by atomic mass is 32.2. The number of hydrogen-bond acceptors (Lipinski definition) is 4. The maximum absolute atomic E-state index is 11.4. The van der Waals surface area contributed by atoms with Crippen molar-refractivity contribution in [2.45, 2.75) is 19.0 Å². The van der Waals surface area contributed by atoms with Crippen LogP contribution in [0.1, 0.15) is 18.5 Å². The zero-order valence-corrected chi connectivity index (χ0v) is 12.4. The van der Waals surface area contributed by atoms with Crippen LogP contribution in [0.5, 0.6) is 0 Å². The third kappa shape index (κ3) is 4.30. The molecule has 5 heteroatoms. The summed E-state index contributed by atoms with van der Waals surface area (Å²) in [6.45, 7) is 4.49. The highest BCUT2D eigenvalue weighted by Gasteiger charge is 2.27. The first-order chi connectivity index (χ1) is 8.96. The largest absolute Gasteiger partial charge is 0.311 e. The van der Waals surface area contributed by atoms with Gasteiger partial charge in [-0.25, -0.2) is 8.42 Å². The molecule has 1 fully saturated rings. The van der Waals surface area contributed by atoms with E-state index in [1.54, 1.807) is 0 Å². The van der Waals surface area contributed by atoms with Crippen molar-refractivity contribution in [2.24, 2.45) is 0 Å². The second-order valence-corrected chi connectivity index (χ2v) is 7.62. The molecule has 1 saturated heterocycles. The Morgan fingerprint density at radius 1 is 1.32 bits per heavy atom. The number of sulfone groups is 1. The zero-order valence-electron chi connectivity index (χ0n) is 11.5. The summed E-state index contributed by atoms with van der Waals surface area (Å²) in [5.41, 5.74) is 1.25. The van der Waals surface area contributed by atoms with Crippen molar-refractivity contribution in [1.82, 2.24) is 10.2 Å². The predicted octanol–water partition coefficient (Wildman–Crippen LogP) is 1.07. The molecule has 4 nitrogen and oxygen atoms in total. The molecule has 0 saturated carbocycles. The molecule has 2 unspecified atom stereocenters. The maximum Gasteiger partial charge on any atom is 0.148 e. The van der Waals surface area contributed by atoms with Gasteiger partial charge in [0, 0.05) is 38.0 Å². The molecular formula is C14H22N2O2S. The van der Waals surface area contributed by atoms with Gasteiger partial charge < -0.3 is 5.32 Å². The van der Waals surface area contributed by atoms with Gasteiger partial charge in [0.25, 0.3) is 0 Å². The molecule has 1 aliphatic heterocycles. The lowest BCUT2D eigenvalue weighted by Crippen LogP contribution is -2.52. The first-order valence-electron chi connectivity index (χ1n) is 6.66. The van der Waals surface area contributed by atoms with E-state index in [2.05, 4.69) is 29.3 Å². The summed E-state index contributed by atoms with van der Waals surface area (Å²) in [6.07, 6.45) is 1.30. The monoisotopic (exact) mass is 282 g/mol. The third-order valence-corrected chi connectivity index (χ3v) is 4.47. The smallest absolute Gasteiger partial charge is 0.148 e. The number of hydrogen-bond donors (Lipinski definition) is 1. The van der Waals surface area contributed by atoms with E-state index in [0.29, 0.717) is 12.6 Å². The fourth-order valence-electron chi connectivity index (χ4n) is 2.52. The Kier molecular flexibility index (Phi) is 4.60. The predicted molar refractivity (Wildman–Crippen MR) is 77.9 cm³/mol. The normalized spacial score (nSPS) is 25.4. The molecule has 0 aromatic heterocycles. The van der Waals surface area contributed by atoms with E-state index in [9.17, 15) is 8.42 Å². The Bertz CT molecular complexity index is 501. The van der Waals surface area contributed by atoms with Gasteiger partial charge in [0.05, 0.1) is 5.75 Å². The molecule has 106 valence electrons. The molecule has 0 aliphatic carbocycles. The lowest BCUT2D eigenvalue weighted by Gasteiger charge is -2.39. The molecule has 2 atom stereocenters. The summed E-state index contributed by atoms with van der Waals surface area (Å²) >= 11 is 0. The summed E-state index contributed by atoms with van der Waals surface area (Å²) in [4.78, 5) is 2.28. The van der Waals surface area contributed by atoms with Gasteiger partial charge in [-0.1, -0.05) is 30.3 Å². The van der Waals surface area contributed by atoms with Gasteiger partial charge in [-0.3, -0.25) is 4.90 Å². The van der Waals surface area contributed by atoms with Crippen molar-refractivity contribution < 1.29 is 8.42 Å². The van der Waals surface area contributed by atoms with E-state index in [4.69, 9.17) is 0 Å². The number of nitrogens with zero attached hydrogens (tertiary/aromatic N) is 1. The quantitative estimate of drug-likeness (QED) is 0.897. The van der Waals surface area contributed by atoms with Crippen LogP contribution < -0.4 is 5.32 Å². The average Bonchev–Trinajstić information content (AvgIpc) is 2.37. The highest BCUT2D eigenvalue weighted by molar-refractivity contribution is 7.90. The first kappa shape index (κ1) is 14.5. The Balaban J connectivity index is 2.11. The number of piperazine rings is 1. The van der Waals surface area contributed by atoms with E-state index in [1.807, 2.05) is 18.2 Å². The Hall–Kier alpha value is -0.910. The third-order valence-electron chi connectivity index (χ3n) is 3.54. The van der Waals surface area contributed by atoms with Crippen molar-refractivity contribution in [3.63, 3.8) is 0 Å². The van der Waals surface area contributed by atoms with Crippen molar-refractivity contribution in [2.75, 3.05) is 31.6 Å². The van der Waals surface area contributed by atoms with E-state index >= 15 is 0 Å². The SMILES string of the molecule is CC1CN(CCS(C)(=O)=O)C(c2ccccc2)CN1. The molecule has 0 spiro atoms. The Morgan fingerprint density at radius 2 is 2.00 bits per heavy atom. The topological polar surface area (TPSA) is 49.4 Å². The zero-order chi connectivity index (χ0) is 13.9. The minimum Gasteiger partial charge on any atom is -0.311 e. The lowest BCUT2D eigenvalue weighted by molar-refractivity contribution is 0.144. The molecule has 2 rings (SSSR count). The highest BCUT2D eigenvalue weighted by Crippen LogP contribution is 2.23. The number of rotatable bonds is 4. The van der Waals surface area contributed by atoms with Gasteiger partial charge in [0.15, 0.2) is 0 Å². The van der Waals surface area contributed by atoms with E-state index < -0.39 is 9.84 Å². The fourth-order valence-corrected chi connectivity index (χ4v) is 3.09. The van der Waals surface area contributed by atoms with Gasteiger partial charge in [0.1, 0.15) is 9.84 Å². The summed E-state index contributed by atoms with van der Waals surface area (Å²) in [5.74, 6) is 0.225. The Morgan fingerprint density at radius 3 is 2.63 bits per heavy atom. The maximum atomic E-state index is 11.4. The van der Waals surface area contributed by atoms with Crippen molar-refractivity contribution in [3.8, 4) is 0 Å². The van der Waals surface area contributed by atoms with Crippen LogP contribution in [0.2, 0.25) is 0 Å². The fraction of sp³-hybridized carbons (Fsp3) is 0.571. The molecule has 1 aliphatic rings. The number of benzene rings is 1. The van der Waals surface area contributed by atoms with Gasteiger partial charge in [-0.05, 0) is 12.5 Å². The number of nitrogens with one attached hydrogen (secondary N) is 1. The summed E-state index contributed by atoms with van der Waals surface area (Å²) in [6, 6.07) is 10.9. The van der Waals surface area contributed by atoms with Gasteiger partial charge in [-0.15, -0.1) is 0 Å². The second-order valence-electron chi connectivity index (χ2n) is 5.36. The summed E-state index contributed by atoms with van der Waals surface area (Å²) in [5, 5.41) is 3.47. The van der Waals surface area contributed by atoms with Crippen LogP contribution in [-0.2, 0) is 9.84 Å². The van der Waals surface area contributed by atoms with E-state index in [0.717, 1.165) is 13.1 Å². The minimum absolute atomic E-state index is 0.225. The van der Waals surface area contributed by atoms with Crippen LogP contribution in [-0.4, -0.2) is 51.0 Å². The molecular weight excluding hydrogens is 260 g/mol. The van der Waals surface area contributed by atoms with Crippen LogP contribution in [0.25, 0.3) is 0 Å². The summed E-state index contributed by atoms with van der Waals surface area (Å²) in [7, 11) is -2.91. The molecule has 0 amide bonds. The van der Waals surface area contributed by atoms with Gasteiger partial charge in [-0.2, -0.15) is 0 Å². The van der Waals surface area contributed by atoms with Crippen LogP contribution >= 0.6 is 0 Å². The average molecular weight is 282 g/mol. The minimum atomic E-state index is -2.91. The standard InChI is InChI=1S/C14H22N2O2S/c1-12-11-16(8-9-19(2,17)18)14(10-15-12)13-6-4-3-5-7-13/h3-7,12,14-15H,8-11H2,1-2H3. The van der Waals surface area contributed by atoms with Gasteiger partial charge in [0.2, 0.25) is 0 Å². The second kappa shape index (κ2) is 6.03. The van der Waals surface area contributed by atoms with E-state index in [-0.39, 0.29) is 11.8 Å². The molecule has 1 aromatic rings. The Labute approximate surface area is 115 Å². The van der Waals surface area contributed by atoms with Crippen molar-refractivity contribution in [3.05, 3.63) is 35.9 Å². The van der Waals surface area contributed by atoms with Crippen molar-refractivity contribution in [1.29, 1.82) is 0 Å². The first-order valence-corrected chi connectivity index (χ1v) is 8.72. The molecule has 19 heavy (non-hydrogen) atoms. The van der Waals surface area contributed by atoms with Crippen LogP contribution in [0.15, 0.2) is 30.3 Å². The molecule has 1 heterocycles.